The minimum atomic E-state index is -0.653. The number of hydrogen-bond acceptors (Lipinski definition) is 1. The SMILES string of the molecule is C[C@H]1CC[C@@]2(C)C(=CC=C3C2=CC[C@@]2(C)C3CCC2[C@H](C)CCC(=O)O)C1. The lowest BCUT2D eigenvalue weighted by Crippen LogP contribution is -2.40. The van der Waals surface area contributed by atoms with E-state index < -0.39 is 5.97 Å². The highest BCUT2D eigenvalue weighted by Gasteiger charge is 2.54. The van der Waals surface area contributed by atoms with Crippen LogP contribution in [0.5, 0.6) is 0 Å². The van der Waals surface area contributed by atoms with E-state index in [9.17, 15) is 4.79 Å². The first-order valence-corrected chi connectivity index (χ1v) is 11.1. The van der Waals surface area contributed by atoms with Gasteiger partial charge >= 0.3 is 5.97 Å². The Kier molecular flexibility index (Phi) is 4.68. The molecular formula is C25H36O2. The fourth-order valence-corrected chi connectivity index (χ4v) is 7.08. The molecule has 0 aromatic carbocycles. The fourth-order valence-electron chi connectivity index (χ4n) is 7.08. The number of allylic oxidation sites excluding steroid dienone is 6. The van der Waals surface area contributed by atoms with Crippen LogP contribution in [-0.4, -0.2) is 11.1 Å². The van der Waals surface area contributed by atoms with Crippen LogP contribution >= 0.6 is 0 Å². The molecule has 0 radical (unpaired) electrons. The van der Waals surface area contributed by atoms with E-state index in [1.807, 2.05) is 0 Å². The maximum atomic E-state index is 11.0. The molecule has 27 heavy (non-hydrogen) atoms. The third-order valence-corrected chi connectivity index (χ3v) is 8.82. The summed E-state index contributed by atoms with van der Waals surface area (Å²) in [5.74, 6) is 1.96. The van der Waals surface area contributed by atoms with Crippen LogP contribution < -0.4 is 0 Å². The molecule has 0 aromatic heterocycles. The molecule has 0 aliphatic heterocycles. The van der Waals surface area contributed by atoms with Gasteiger partial charge in [-0.1, -0.05) is 51.5 Å². The number of fused-ring (bicyclic) bond motifs is 5. The Morgan fingerprint density at radius 2 is 2.04 bits per heavy atom. The van der Waals surface area contributed by atoms with E-state index in [1.165, 1.54) is 38.5 Å². The molecule has 4 aliphatic rings. The van der Waals surface area contributed by atoms with Gasteiger partial charge in [-0.3, -0.25) is 4.79 Å². The summed E-state index contributed by atoms with van der Waals surface area (Å²) in [4.78, 5) is 11.0. The molecule has 148 valence electrons. The standard InChI is InChI=1S/C25H36O2/c1-16-11-13-24(3)18(15-16)6-7-19-21-9-8-20(17(2)5-10-23(26)27)25(21,4)14-12-22(19)24/h6-7,12,16-17,20-21H,5,8-11,13-15H2,1-4H3,(H,26,27)/t16-,17+,20?,21?,24-,25+/m0/s1. The number of carboxylic acids is 1. The van der Waals surface area contributed by atoms with Crippen molar-refractivity contribution in [3.8, 4) is 0 Å². The van der Waals surface area contributed by atoms with Gasteiger partial charge in [-0.05, 0) is 85.2 Å². The van der Waals surface area contributed by atoms with Crippen LogP contribution in [0.25, 0.3) is 0 Å². The van der Waals surface area contributed by atoms with Crippen LogP contribution in [0.3, 0.4) is 0 Å². The van der Waals surface area contributed by atoms with Crippen molar-refractivity contribution in [2.24, 2.45) is 34.5 Å². The molecule has 1 N–H and O–H groups in total. The third-order valence-electron chi connectivity index (χ3n) is 8.82. The number of aliphatic carboxylic acids is 1. The van der Waals surface area contributed by atoms with Crippen molar-refractivity contribution in [3.63, 3.8) is 0 Å². The topological polar surface area (TPSA) is 37.3 Å². The Morgan fingerprint density at radius 1 is 1.26 bits per heavy atom. The lowest BCUT2D eigenvalue weighted by molar-refractivity contribution is -0.137. The van der Waals surface area contributed by atoms with Gasteiger partial charge in [0.15, 0.2) is 0 Å². The summed E-state index contributed by atoms with van der Waals surface area (Å²) in [5, 5.41) is 9.09. The maximum absolute atomic E-state index is 11.0. The predicted octanol–water partition coefficient (Wildman–Crippen LogP) is 6.54. The van der Waals surface area contributed by atoms with Gasteiger partial charge < -0.3 is 5.11 Å². The first-order valence-electron chi connectivity index (χ1n) is 11.1. The second-order valence-corrected chi connectivity index (χ2v) is 10.5. The lowest BCUT2D eigenvalue weighted by Gasteiger charge is -2.51. The minimum Gasteiger partial charge on any atom is -0.481 e. The van der Waals surface area contributed by atoms with Crippen molar-refractivity contribution in [1.82, 2.24) is 0 Å². The van der Waals surface area contributed by atoms with Gasteiger partial charge in [0.05, 0.1) is 0 Å². The molecule has 4 rings (SSSR count). The molecule has 4 aliphatic carbocycles. The minimum absolute atomic E-state index is 0.269. The molecule has 2 saturated carbocycles. The summed E-state index contributed by atoms with van der Waals surface area (Å²) < 4.78 is 0. The van der Waals surface area contributed by atoms with Crippen LogP contribution in [0, 0.1) is 34.5 Å². The summed E-state index contributed by atoms with van der Waals surface area (Å²) in [7, 11) is 0. The molecule has 0 bridgehead atoms. The van der Waals surface area contributed by atoms with E-state index >= 15 is 0 Å². The molecule has 2 fully saturated rings. The van der Waals surface area contributed by atoms with Gasteiger partial charge in [0.25, 0.3) is 0 Å². The van der Waals surface area contributed by atoms with E-state index in [0.717, 1.165) is 12.3 Å². The first kappa shape index (κ1) is 19.0. The van der Waals surface area contributed by atoms with Crippen LogP contribution in [0.1, 0.15) is 79.1 Å². The van der Waals surface area contributed by atoms with E-state index in [1.54, 1.807) is 16.7 Å². The Balaban J connectivity index is 1.63. The average Bonchev–Trinajstić information content (AvgIpc) is 2.97. The summed E-state index contributed by atoms with van der Waals surface area (Å²) in [5.41, 5.74) is 5.50. The maximum Gasteiger partial charge on any atom is 0.303 e. The number of rotatable bonds is 4. The van der Waals surface area contributed by atoms with Crippen LogP contribution in [0.15, 0.2) is 34.9 Å². The van der Waals surface area contributed by atoms with E-state index in [2.05, 4.69) is 45.9 Å². The van der Waals surface area contributed by atoms with Gasteiger partial charge in [-0.2, -0.15) is 0 Å². The average molecular weight is 369 g/mol. The molecule has 2 heteroatoms. The van der Waals surface area contributed by atoms with Gasteiger partial charge in [-0.15, -0.1) is 0 Å². The Labute approximate surface area is 164 Å². The second-order valence-electron chi connectivity index (χ2n) is 10.5. The monoisotopic (exact) mass is 368 g/mol. The van der Waals surface area contributed by atoms with Crippen molar-refractivity contribution in [2.75, 3.05) is 0 Å². The van der Waals surface area contributed by atoms with E-state index in [0.29, 0.717) is 29.6 Å². The molecule has 0 amide bonds. The summed E-state index contributed by atoms with van der Waals surface area (Å²) in [6.45, 7) is 9.67. The molecule has 0 saturated heterocycles. The van der Waals surface area contributed by atoms with Crippen molar-refractivity contribution >= 4 is 5.97 Å². The van der Waals surface area contributed by atoms with E-state index in [4.69, 9.17) is 5.11 Å². The number of hydrogen-bond donors (Lipinski definition) is 1. The zero-order chi connectivity index (χ0) is 19.4. The second kappa shape index (κ2) is 6.64. The van der Waals surface area contributed by atoms with Crippen molar-refractivity contribution in [3.05, 3.63) is 34.9 Å². The predicted molar refractivity (Wildman–Crippen MR) is 110 cm³/mol. The first-order chi connectivity index (χ1) is 12.8. The quantitative estimate of drug-likeness (QED) is 0.611. The molecular weight excluding hydrogens is 332 g/mol. The normalized spacial score (nSPS) is 41.5. The van der Waals surface area contributed by atoms with Gasteiger partial charge in [0.2, 0.25) is 0 Å². The van der Waals surface area contributed by atoms with Gasteiger partial charge in [0.1, 0.15) is 0 Å². The van der Waals surface area contributed by atoms with Crippen molar-refractivity contribution in [1.29, 1.82) is 0 Å². The largest absolute Gasteiger partial charge is 0.481 e. The number of carboxylic acid groups (broad SMARTS) is 1. The van der Waals surface area contributed by atoms with E-state index in [-0.39, 0.29) is 5.41 Å². The van der Waals surface area contributed by atoms with Crippen molar-refractivity contribution < 1.29 is 9.90 Å². The summed E-state index contributed by atoms with van der Waals surface area (Å²) >= 11 is 0. The van der Waals surface area contributed by atoms with Crippen molar-refractivity contribution in [2.45, 2.75) is 79.1 Å². The summed E-state index contributed by atoms with van der Waals surface area (Å²) in [6, 6.07) is 0. The highest BCUT2D eigenvalue weighted by Crippen LogP contribution is 2.64. The highest BCUT2D eigenvalue weighted by molar-refractivity contribution is 5.66. The Morgan fingerprint density at radius 3 is 2.78 bits per heavy atom. The van der Waals surface area contributed by atoms with Crippen LogP contribution in [0.4, 0.5) is 0 Å². The number of carbonyl (C=O) groups is 1. The Hall–Kier alpha value is -1.31. The molecule has 2 nitrogen and oxygen atoms in total. The van der Waals surface area contributed by atoms with Gasteiger partial charge in [0, 0.05) is 11.8 Å². The van der Waals surface area contributed by atoms with Gasteiger partial charge in [-0.25, -0.2) is 0 Å². The molecule has 6 atom stereocenters. The molecule has 0 aromatic rings. The molecule has 2 unspecified atom stereocenters. The van der Waals surface area contributed by atoms with Crippen LogP contribution in [-0.2, 0) is 4.79 Å². The summed E-state index contributed by atoms with van der Waals surface area (Å²) in [6.07, 6.45) is 16.2. The zero-order valence-electron chi connectivity index (χ0n) is 17.6. The fraction of sp³-hybridized carbons (Fsp3) is 0.720. The smallest absolute Gasteiger partial charge is 0.303 e. The zero-order valence-corrected chi connectivity index (χ0v) is 17.6. The highest BCUT2D eigenvalue weighted by atomic mass is 16.4. The lowest BCUT2D eigenvalue weighted by atomic mass is 9.53. The molecule has 0 spiro atoms. The van der Waals surface area contributed by atoms with Crippen LogP contribution in [0.2, 0.25) is 0 Å². The molecule has 0 heterocycles. The third kappa shape index (κ3) is 2.95. The Bertz CT molecular complexity index is 727.